The van der Waals surface area contributed by atoms with Crippen molar-refractivity contribution in [3.8, 4) is 17.3 Å². The number of nitriles is 1. The van der Waals surface area contributed by atoms with Gasteiger partial charge in [0.15, 0.2) is 0 Å². The molecule has 0 aliphatic rings. The van der Waals surface area contributed by atoms with Gasteiger partial charge in [-0.05, 0) is 13.0 Å². The Morgan fingerprint density at radius 2 is 2.22 bits per heavy atom. The molecule has 90 valence electrons. The van der Waals surface area contributed by atoms with Gasteiger partial charge in [0, 0.05) is 12.1 Å². The Hall–Kier alpha value is -2.54. The van der Waals surface area contributed by atoms with E-state index in [4.69, 9.17) is 11.0 Å². The van der Waals surface area contributed by atoms with Crippen LogP contribution in [0.15, 0.2) is 36.9 Å². The first-order chi connectivity index (χ1) is 8.69. The van der Waals surface area contributed by atoms with E-state index >= 15 is 0 Å². The molecular weight excluding hydrogens is 224 g/mol. The molecule has 0 radical (unpaired) electrons. The second kappa shape index (κ2) is 4.76. The molecule has 0 saturated heterocycles. The number of imidazole rings is 1. The third-order valence-electron chi connectivity index (χ3n) is 2.81. The van der Waals surface area contributed by atoms with Crippen molar-refractivity contribution in [3.05, 3.63) is 48.3 Å². The highest BCUT2D eigenvalue weighted by Crippen LogP contribution is 2.28. The number of rotatable bonds is 3. The van der Waals surface area contributed by atoms with Gasteiger partial charge in [-0.25, -0.2) is 4.98 Å². The van der Waals surface area contributed by atoms with Crippen LogP contribution in [0, 0.1) is 18.3 Å². The Bertz CT molecular complexity index is 632. The third kappa shape index (κ3) is 1.87. The molecule has 0 aliphatic carbocycles. The van der Waals surface area contributed by atoms with Crippen LogP contribution in [-0.4, -0.2) is 9.55 Å². The average molecular weight is 238 g/mol. The molecule has 1 aromatic carbocycles. The van der Waals surface area contributed by atoms with Gasteiger partial charge in [0.1, 0.15) is 17.3 Å². The first-order valence-corrected chi connectivity index (χ1v) is 5.62. The van der Waals surface area contributed by atoms with Crippen molar-refractivity contribution in [2.24, 2.45) is 0 Å². The number of anilines is 1. The van der Waals surface area contributed by atoms with Gasteiger partial charge in [-0.15, -0.1) is 6.58 Å². The van der Waals surface area contributed by atoms with Crippen LogP contribution in [0.1, 0.15) is 11.4 Å². The summed E-state index contributed by atoms with van der Waals surface area (Å²) in [4.78, 5) is 4.45. The van der Waals surface area contributed by atoms with E-state index in [1.807, 2.05) is 29.7 Å². The lowest BCUT2D eigenvalue weighted by Gasteiger charge is -2.04. The van der Waals surface area contributed by atoms with E-state index in [2.05, 4.69) is 17.6 Å². The standard InChI is InChI=1S/C14H14N4/c1-3-8-18-10(2)17-13(14(18)16)12-7-5-4-6-11(12)9-15/h3-7H,1,8,16H2,2H3. The van der Waals surface area contributed by atoms with E-state index in [-0.39, 0.29) is 0 Å². The van der Waals surface area contributed by atoms with Crippen molar-refractivity contribution >= 4 is 5.82 Å². The van der Waals surface area contributed by atoms with Gasteiger partial charge in [0.05, 0.1) is 11.6 Å². The van der Waals surface area contributed by atoms with Crippen LogP contribution in [0.5, 0.6) is 0 Å². The van der Waals surface area contributed by atoms with Crippen molar-refractivity contribution in [3.63, 3.8) is 0 Å². The first-order valence-electron chi connectivity index (χ1n) is 5.62. The SMILES string of the molecule is C=CCn1c(C)nc(-c2ccccc2C#N)c1N. The molecule has 2 aromatic rings. The van der Waals surface area contributed by atoms with Crippen LogP contribution in [0.25, 0.3) is 11.3 Å². The normalized spacial score (nSPS) is 10.0. The number of nitrogen functional groups attached to an aromatic ring is 1. The molecule has 0 bridgehead atoms. The molecule has 0 aliphatic heterocycles. The lowest BCUT2D eigenvalue weighted by Crippen LogP contribution is -2.03. The molecule has 2 rings (SSSR count). The van der Waals surface area contributed by atoms with E-state index in [9.17, 15) is 0 Å². The van der Waals surface area contributed by atoms with E-state index < -0.39 is 0 Å². The predicted octanol–water partition coefficient (Wildman–Crippen LogP) is 2.50. The monoisotopic (exact) mass is 238 g/mol. The Morgan fingerprint density at radius 1 is 1.50 bits per heavy atom. The van der Waals surface area contributed by atoms with Gasteiger partial charge in [-0.3, -0.25) is 0 Å². The average Bonchev–Trinajstić information content (AvgIpc) is 2.67. The van der Waals surface area contributed by atoms with Gasteiger partial charge in [-0.1, -0.05) is 24.3 Å². The summed E-state index contributed by atoms with van der Waals surface area (Å²) < 4.78 is 1.87. The Balaban J connectivity index is 2.62. The number of aromatic nitrogens is 2. The highest BCUT2D eigenvalue weighted by Gasteiger charge is 2.15. The summed E-state index contributed by atoms with van der Waals surface area (Å²) in [5.74, 6) is 1.38. The zero-order chi connectivity index (χ0) is 13.1. The Kier molecular flexibility index (Phi) is 3.16. The van der Waals surface area contributed by atoms with E-state index in [0.29, 0.717) is 23.6 Å². The van der Waals surface area contributed by atoms with Crippen molar-refractivity contribution in [2.75, 3.05) is 5.73 Å². The molecule has 4 heteroatoms. The van der Waals surface area contributed by atoms with E-state index in [1.54, 1.807) is 12.1 Å². The first kappa shape index (κ1) is 11.9. The molecule has 0 amide bonds. The molecule has 0 atom stereocenters. The summed E-state index contributed by atoms with van der Waals surface area (Å²) in [5, 5.41) is 9.11. The molecule has 18 heavy (non-hydrogen) atoms. The van der Waals surface area contributed by atoms with Crippen molar-refractivity contribution in [1.82, 2.24) is 9.55 Å². The third-order valence-corrected chi connectivity index (χ3v) is 2.81. The molecule has 0 fully saturated rings. The fraction of sp³-hybridized carbons (Fsp3) is 0.143. The number of hydrogen-bond donors (Lipinski definition) is 1. The number of nitrogens with two attached hydrogens (primary N) is 1. The number of benzene rings is 1. The Labute approximate surface area is 106 Å². The van der Waals surface area contributed by atoms with Crippen molar-refractivity contribution in [2.45, 2.75) is 13.5 Å². The van der Waals surface area contributed by atoms with Crippen LogP contribution < -0.4 is 5.73 Å². The van der Waals surface area contributed by atoms with Gasteiger partial charge in [0.25, 0.3) is 0 Å². The molecule has 1 aromatic heterocycles. The fourth-order valence-electron chi connectivity index (χ4n) is 1.93. The molecule has 2 N–H and O–H groups in total. The largest absolute Gasteiger partial charge is 0.383 e. The summed E-state index contributed by atoms with van der Waals surface area (Å²) >= 11 is 0. The van der Waals surface area contributed by atoms with Crippen molar-refractivity contribution in [1.29, 1.82) is 5.26 Å². The van der Waals surface area contributed by atoms with Crippen LogP contribution in [-0.2, 0) is 6.54 Å². The maximum Gasteiger partial charge on any atom is 0.132 e. The van der Waals surface area contributed by atoms with Crippen LogP contribution >= 0.6 is 0 Å². The smallest absolute Gasteiger partial charge is 0.132 e. The molecule has 4 nitrogen and oxygen atoms in total. The number of aryl methyl sites for hydroxylation is 1. The van der Waals surface area contributed by atoms with Crippen LogP contribution in [0.4, 0.5) is 5.82 Å². The molecule has 0 spiro atoms. The van der Waals surface area contributed by atoms with Gasteiger partial charge in [0.2, 0.25) is 0 Å². The lowest BCUT2D eigenvalue weighted by molar-refractivity contribution is 0.792. The number of nitrogens with zero attached hydrogens (tertiary/aromatic N) is 3. The fourth-order valence-corrected chi connectivity index (χ4v) is 1.93. The molecule has 0 saturated carbocycles. The minimum atomic E-state index is 0.565. The van der Waals surface area contributed by atoms with Crippen molar-refractivity contribution < 1.29 is 0 Å². The summed E-state index contributed by atoms with van der Waals surface area (Å²) in [6, 6.07) is 9.47. The second-order valence-corrected chi connectivity index (χ2v) is 3.95. The summed E-state index contributed by atoms with van der Waals surface area (Å²) in [5.41, 5.74) is 8.09. The van der Waals surface area contributed by atoms with Gasteiger partial charge in [-0.2, -0.15) is 5.26 Å². The zero-order valence-electron chi connectivity index (χ0n) is 10.2. The lowest BCUT2D eigenvalue weighted by atomic mass is 10.1. The topological polar surface area (TPSA) is 67.6 Å². The molecule has 0 unspecified atom stereocenters. The minimum Gasteiger partial charge on any atom is -0.383 e. The minimum absolute atomic E-state index is 0.565. The highest BCUT2D eigenvalue weighted by atomic mass is 15.1. The maximum absolute atomic E-state index is 9.11. The number of hydrogen-bond acceptors (Lipinski definition) is 3. The maximum atomic E-state index is 9.11. The van der Waals surface area contributed by atoms with E-state index in [0.717, 1.165) is 11.4 Å². The Morgan fingerprint density at radius 3 is 2.89 bits per heavy atom. The van der Waals surface area contributed by atoms with Gasteiger partial charge < -0.3 is 10.3 Å². The molecular formula is C14H14N4. The van der Waals surface area contributed by atoms with Crippen LogP contribution in [0.2, 0.25) is 0 Å². The quantitative estimate of drug-likeness (QED) is 0.835. The summed E-state index contributed by atoms with van der Waals surface area (Å²) in [6.07, 6.45) is 1.77. The zero-order valence-corrected chi connectivity index (χ0v) is 10.2. The number of allylic oxidation sites excluding steroid dienone is 1. The predicted molar refractivity (Wildman–Crippen MR) is 71.7 cm³/mol. The second-order valence-electron chi connectivity index (χ2n) is 3.95. The van der Waals surface area contributed by atoms with E-state index in [1.165, 1.54) is 0 Å². The summed E-state index contributed by atoms with van der Waals surface area (Å²) in [7, 11) is 0. The van der Waals surface area contributed by atoms with Crippen LogP contribution in [0.3, 0.4) is 0 Å². The molecule has 1 heterocycles. The summed E-state index contributed by atoms with van der Waals surface area (Å²) in [6.45, 7) is 6.20. The highest BCUT2D eigenvalue weighted by molar-refractivity contribution is 5.75. The van der Waals surface area contributed by atoms with Gasteiger partial charge >= 0.3 is 0 Å².